The van der Waals surface area contributed by atoms with Crippen molar-refractivity contribution in [2.24, 2.45) is 0 Å². The predicted molar refractivity (Wildman–Crippen MR) is 76.4 cm³/mol. The van der Waals surface area contributed by atoms with E-state index in [-0.39, 0.29) is 6.61 Å². The number of nitrogens with zero attached hydrogens (tertiary/aromatic N) is 1. The number of benzene rings is 1. The summed E-state index contributed by atoms with van der Waals surface area (Å²) in [5.41, 5.74) is 2.21. The second kappa shape index (κ2) is 7.23. The Labute approximate surface area is 117 Å². The molecule has 19 heavy (non-hydrogen) atoms. The number of nitrogens with one attached hydrogen (secondary N) is 1. The van der Waals surface area contributed by atoms with Crippen molar-refractivity contribution in [3.05, 3.63) is 45.9 Å². The lowest BCUT2D eigenvalue weighted by molar-refractivity contribution is 0.291. The van der Waals surface area contributed by atoms with Gasteiger partial charge in [0.25, 0.3) is 0 Å². The molecule has 0 bridgehead atoms. The Bertz CT molecular complexity index is 496. The third-order valence-electron chi connectivity index (χ3n) is 2.58. The topological polar surface area (TPSA) is 54.4 Å². The largest absolute Gasteiger partial charge is 0.486 e. The van der Waals surface area contributed by atoms with E-state index in [9.17, 15) is 0 Å². The standard InChI is InChI=1S/C14H18N2O2S/c1-11-2-4-13(5-3-11)18-9-14-16-12(10-19-14)8-15-6-7-17/h2-5,10,15,17H,6-9H2,1H3. The highest BCUT2D eigenvalue weighted by Crippen LogP contribution is 2.16. The zero-order chi connectivity index (χ0) is 13.5. The Kier molecular flexibility index (Phi) is 5.32. The van der Waals surface area contributed by atoms with Crippen molar-refractivity contribution in [3.8, 4) is 5.75 Å². The first-order valence-corrected chi connectivity index (χ1v) is 7.10. The molecule has 0 spiro atoms. The second-order valence-electron chi connectivity index (χ2n) is 4.23. The van der Waals surface area contributed by atoms with E-state index >= 15 is 0 Å². The van der Waals surface area contributed by atoms with Gasteiger partial charge in [-0.3, -0.25) is 0 Å². The van der Waals surface area contributed by atoms with Crippen LogP contribution in [0.1, 0.15) is 16.3 Å². The van der Waals surface area contributed by atoms with Crippen molar-refractivity contribution in [2.75, 3.05) is 13.2 Å². The van der Waals surface area contributed by atoms with E-state index in [0.717, 1.165) is 16.5 Å². The Morgan fingerprint density at radius 2 is 2.11 bits per heavy atom. The molecule has 1 aromatic heterocycles. The molecule has 4 nitrogen and oxygen atoms in total. The van der Waals surface area contributed by atoms with E-state index in [4.69, 9.17) is 9.84 Å². The lowest BCUT2D eigenvalue weighted by Crippen LogP contribution is -2.17. The fraction of sp³-hybridized carbons (Fsp3) is 0.357. The highest BCUT2D eigenvalue weighted by atomic mass is 32.1. The summed E-state index contributed by atoms with van der Waals surface area (Å²) in [6.45, 7) is 3.96. The molecule has 0 saturated carbocycles. The van der Waals surface area contributed by atoms with E-state index in [1.165, 1.54) is 5.56 Å². The molecule has 0 fully saturated rings. The van der Waals surface area contributed by atoms with Crippen LogP contribution >= 0.6 is 11.3 Å². The van der Waals surface area contributed by atoms with Crippen LogP contribution in [0.25, 0.3) is 0 Å². The first-order chi connectivity index (χ1) is 9.28. The maximum absolute atomic E-state index is 8.68. The Morgan fingerprint density at radius 1 is 1.32 bits per heavy atom. The van der Waals surface area contributed by atoms with E-state index in [2.05, 4.69) is 17.2 Å². The molecule has 0 saturated heterocycles. The normalized spacial score (nSPS) is 10.6. The van der Waals surface area contributed by atoms with Gasteiger partial charge < -0.3 is 15.2 Å². The third-order valence-corrected chi connectivity index (χ3v) is 3.45. The smallest absolute Gasteiger partial charge is 0.140 e. The number of aliphatic hydroxyl groups is 1. The Hall–Kier alpha value is -1.43. The molecule has 0 atom stereocenters. The molecule has 0 aliphatic rings. The van der Waals surface area contributed by atoms with E-state index in [0.29, 0.717) is 19.7 Å². The number of ether oxygens (including phenoxy) is 1. The molecule has 0 amide bonds. The average Bonchev–Trinajstić information content (AvgIpc) is 2.86. The van der Waals surface area contributed by atoms with Crippen LogP contribution in [0.2, 0.25) is 0 Å². The fourth-order valence-corrected chi connectivity index (χ4v) is 2.28. The summed E-state index contributed by atoms with van der Waals surface area (Å²) in [5, 5.41) is 14.7. The highest BCUT2D eigenvalue weighted by molar-refractivity contribution is 7.09. The van der Waals surface area contributed by atoms with Crippen LogP contribution in [-0.2, 0) is 13.2 Å². The maximum atomic E-state index is 8.68. The quantitative estimate of drug-likeness (QED) is 0.762. The molecule has 0 unspecified atom stereocenters. The van der Waals surface area contributed by atoms with Gasteiger partial charge >= 0.3 is 0 Å². The number of aliphatic hydroxyl groups excluding tert-OH is 1. The number of aryl methyl sites for hydroxylation is 1. The Balaban J connectivity index is 1.81. The predicted octanol–water partition coefficient (Wildman–Crippen LogP) is 2.11. The minimum atomic E-state index is 0.146. The molecule has 1 aromatic carbocycles. The lowest BCUT2D eigenvalue weighted by atomic mass is 10.2. The molecule has 102 valence electrons. The van der Waals surface area contributed by atoms with Gasteiger partial charge in [0, 0.05) is 18.5 Å². The molecule has 0 radical (unpaired) electrons. The third kappa shape index (κ3) is 4.63. The van der Waals surface area contributed by atoms with Crippen LogP contribution in [0.3, 0.4) is 0 Å². The van der Waals surface area contributed by atoms with Crippen LogP contribution in [0, 0.1) is 6.92 Å². The summed E-state index contributed by atoms with van der Waals surface area (Å²) in [4.78, 5) is 4.46. The zero-order valence-electron chi connectivity index (χ0n) is 10.9. The van der Waals surface area contributed by atoms with Gasteiger partial charge in [-0.25, -0.2) is 4.98 Å². The summed E-state index contributed by atoms with van der Waals surface area (Å²) >= 11 is 1.59. The molecule has 0 aliphatic carbocycles. The second-order valence-corrected chi connectivity index (χ2v) is 5.18. The molecule has 2 rings (SSSR count). The van der Waals surface area contributed by atoms with Gasteiger partial charge in [-0.1, -0.05) is 17.7 Å². The monoisotopic (exact) mass is 278 g/mol. The molecule has 2 N–H and O–H groups in total. The molecular formula is C14H18N2O2S. The van der Waals surface area contributed by atoms with E-state index in [1.807, 2.05) is 29.6 Å². The fourth-order valence-electron chi connectivity index (χ4n) is 1.57. The molecule has 0 aliphatic heterocycles. The number of thiazole rings is 1. The van der Waals surface area contributed by atoms with Crippen LogP contribution in [0.5, 0.6) is 5.75 Å². The Morgan fingerprint density at radius 3 is 2.84 bits per heavy atom. The summed E-state index contributed by atoms with van der Waals surface area (Å²) in [6, 6.07) is 7.99. The summed E-state index contributed by atoms with van der Waals surface area (Å²) in [5.74, 6) is 0.862. The van der Waals surface area contributed by atoms with Crippen molar-refractivity contribution in [1.29, 1.82) is 0 Å². The van der Waals surface area contributed by atoms with Crippen molar-refractivity contribution >= 4 is 11.3 Å². The minimum Gasteiger partial charge on any atom is -0.486 e. The first kappa shape index (κ1) is 14.0. The van der Waals surface area contributed by atoms with Gasteiger partial charge in [-0.05, 0) is 19.1 Å². The number of aromatic nitrogens is 1. The van der Waals surface area contributed by atoms with Gasteiger partial charge in [0.2, 0.25) is 0 Å². The average molecular weight is 278 g/mol. The van der Waals surface area contributed by atoms with Crippen molar-refractivity contribution in [3.63, 3.8) is 0 Å². The number of hydrogen-bond donors (Lipinski definition) is 2. The number of hydrogen-bond acceptors (Lipinski definition) is 5. The zero-order valence-corrected chi connectivity index (χ0v) is 11.7. The molecule has 1 heterocycles. The van der Waals surface area contributed by atoms with Gasteiger partial charge in [-0.15, -0.1) is 11.3 Å². The van der Waals surface area contributed by atoms with Crippen LogP contribution in [-0.4, -0.2) is 23.2 Å². The SMILES string of the molecule is Cc1ccc(OCc2nc(CNCCO)cs2)cc1. The van der Waals surface area contributed by atoms with Crippen LogP contribution in [0.15, 0.2) is 29.6 Å². The van der Waals surface area contributed by atoms with Gasteiger partial charge in [0.05, 0.1) is 12.3 Å². The van der Waals surface area contributed by atoms with E-state index in [1.54, 1.807) is 11.3 Å². The molecule has 5 heteroatoms. The van der Waals surface area contributed by atoms with Crippen LogP contribution in [0.4, 0.5) is 0 Å². The highest BCUT2D eigenvalue weighted by Gasteiger charge is 2.02. The van der Waals surface area contributed by atoms with Gasteiger partial charge in [0.1, 0.15) is 17.4 Å². The summed E-state index contributed by atoms with van der Waals surface area (Å²) in [6.07, 6.45) is 0. The van der Waals surface area contributed by atoms with E-state index < -0.39 is 0 Å². The van der Waals surface area contributed by atoms with Gasteiger partial charge in [-0.2, -0.15) is 0 Å². The van der Waals surface area contributed by atoms with Crippen molar-refractivity contribution in [1.82, 2.24) is 10.3 Å². The molecular weight excluding hydrogens is 260 g/mol. The minimum absolute atomic E-state index is 0.146. The summed E-state index contributed by atoms with van der Waals surface area (Å²) in [7, 11) is 0. The molecule has 2 aromatic rings. The lowest BCUT2D eigenvalue weighted by Gasteiger charge is -2.04. The maximum Gasteiger partial charge on any atom is 0.140 e. The van der Waals surface area contributed by atoms with Gasteiger partial charge in [0.15, 0.2) is 0 Å². The van der Waals surface area contributed by atoms with Crippen LogP contribution < -0.4 is 10.1 Å². The summed E-state index contributed by atoms with van der Waals surface area (Å²) < 4.78 is 5.67. The number of rotatable bonds is 7. The van der Waals surface area contributed by atoms with Crippen molar-refractivity contribution < 1.29 is 9.84 Å². The van der Waals surface area contributed by atoms with Crippen molar-refractivity contribution in [2.45, 2.75) is 20.1 Å². The first-order valence-electron chi connectivity index (χ1n) is 6.22.